The van der Waals surface area contributed by atoms with Gasteiger partial charge in [-0.05, 0) is 25.5 Å². The van der Waals surface area contributed by atoms with Crippen LogP contribution in [0, 0.1) is 0 Å². The number of aromatic nitrogens is 1. The van der Waals surface area contributed by atoms with Gasteiger partial charge in [-0.3, -0.25) is 4.98 Å². The van der Waals surface area contributed by atoms with Gasteiger partial charge in [-0.1, -0.05) is 0 Å². The molecule has 0 bridgehead atoms. The number of hydrogen-bond donors (Lipinski definition) is 1. The minimum Gasteiger partial charge on any atom is -0.389 e. The third-order valence-corrected chi connectivity index (χ3v) is 2.87. The van der Waals surface area contributed by atoms with Gasteiger partial charge in [0.15, 0.2) is 0 Å². The Labute approximate surface area is 83.7 Å². The molecular formula is C11H15NO2. The highest BCUT2D eigenvalue weighted by molar-refractivity contribution is 5.31. The van der Waals surface area contributed by atoms with E-state index in [1.165, 1.54) is 0 Å². The highest BCUT2D eigenvalue weighted by Crippen LogP contribution is 2.39. The zero-order valence-electron chi connectivity index (χ0n) is 8.53. The molecule has 1 aromatic rings. The predicted octanol–water partition coefficient (Wildman–Crippen LogP) is 1.77. The van der Waals surface area contributed by atoms with E-state index in [0.29, 0.717) is 0 Å². The second-order valence-electron chi connectivity index (χ2n) is 3.97. The van der Waals surface area contributed by atoms with Crippen LogP contribution in [0.15, 0.2) is 18.5 Å². The van der Waals surface area contributed by atoms with Gasteiger partial charge in [-0.15, -0.1) is 0 Å². The van der Waals surface area contributed by atoms with E-state index < -0.39 is 6.10 Å². The minimum atomic E-state index is -0.464. The van der Waals surface area contributed by atoms with Crippen LogP contribution >= 0.6 is 0 Å². The second-order valence-corrected chi connectivity index (χ2v) is 3.97. The van der Waals surface area contributed by atoms with Gasteiger partial charge in [0.25, 0.3) is 0 Å². The first-order valence-electron chi connectivity index (χ1n) is 4.90. The van der Waals surface area contributed by atoms with Crippen molar-refractivity contribution in [3.8, 4) is 0 Å². The molecule has 3 nitrogen and oxygen atoms in total. The Kier molecular flexibility index (Phi) is 2.29. The summed E-state index contributed by atoms with van der Waals surface area (Å²) in [5, 5.41) is 9.60. The van der Waals surface area contributed by atoms with Crippen molar-refractivity contribution in [1.82, 2.24) is 4.98 Å². The van der Waals surface area contributed by atoms with E-state index in [1.807, 2.05) is 13.0 Å². The van der Waals surface area contributed by atoms with E-state index >= 15 is 0 Å². The molecule has 14 heavy (non-hydrogen) atoms. The molecule has 2 rings (SSSR count). The summed E-state index contributed by atoms with van der Waals surface area (Å²) in [4.78, 5) is 4.08. The maximum Gasteiger partial charge on any atom is 0.0943 e. The van der Waals surface area contributed by atoms with Crippen molar-refractivity contribution in [1.29, 1.82) is 0 Å². The van der Waals surface area contributed by atoms with Crippen LogP contribution in [0.5, 0.6) is 0 Å². The fourth-order valence-corrected chi connectivity index (χ4v) is 1.83. The van der Waals surface area contributed by atoms with E-state index in [2.05, 4.69) is 4.98 Å². The maximum atomic E-state index is 9.60. The lowest BCUT2D eigenvalue weighted by atomic mass is 9.85. The van der Waals surface area contributed by atoms with E-state index in [9.17, 15) is 5.11 Å². The van der Waals surface area contributed by atoms with Gasteiger partial charge in [-0.2, -0.15) is 0 Å². The topological polar surface area (TPSA) is 42.4 Å². The normalized spacial score (nSPS) is 28.2. The van der Waals surface area contributed by atoms with Crippen LogP contribution in [0.2, 0.25) is 0 Å². The summed E-state index contributed by atoms with van der Waals surface area (Å²) in [5.41, 5.74) is 1.70. The van der Waals surface area contributed by atoms with Gasteiger partial charge in [0.05, 0.1) is 18.3 Å². The van der Waals surface area contributed by atoms with Crippen LogP contribution in [0.25, 0.3) is 0 Å². The van der Waals surface area contributed by atoms with Crippen LogP contribution in [0.1, 0.15) is 37.5 Å². The summed E-state index contributed by atoms with van der Waals surface area (Å²) >= 11 is 0. The smallest absolute Gasteiger partial charge is 0.0943 e. The van der Waals surface area contributed by atoms with Crippen molar-refractivity contribution in [2.75, 3.05) is 6.61 Å². The Morgan fingerprint density at radius 2 is 2.36 bits per heavy atom. The molecule has 0 saturated carbocycles. The zero-order chi connectivity index (χ0) is 10.2. The lowest BCUT2D eigenvalue weighted by molar-refractivity contribution is -0.141. The average molecular weight is 193 g/mol. The van der Waals surface area contributed by atoms with Crippen molar-refractivity contribution >= 4 is 0 Å². The molecule has 0 radical (unpaired) electrons. The fraction of sp³-hybridized carbons (Fsp3) is 0.545. The van der Waals surface area contributed by atoms with Crippen LogP contribution in [0.3, 0.4) is 0 Å². The van der Waals surface area contributed by atoms with Crippen molar-refractivity contribution < 1.29 is 9.84 Å². The molecule has 2 atom stereocenters. The van der Waals surface area contributed by atoms with Crippen molar-refractivity contribution in [3.63, 3.8) is 0 Å². The van der Waals surface area contributed by atoms with E-state index in [-0.39, 0.29) is 5.60 Å². The summed E-state index contributed by atoms with van der Waals surface area (Å²) in [7, 11) is 0. The first-order chi connectivity index (χ1) is 6.63. The highest BCUT2D eigenvalue weighted by atomic mass is 16.5. The Morgan fingerprint density at radius 1 is 1.64 bits per heavy atom. The number of aliphatic hydroxyl groups is 1. The first-order valence-corrected chi connectivity index (χ1v) is 4.90. The van der Waals surface area contributed by atoms with Gasteiger partial charge in [-0.25, -0.2) is 0 Å². The van der Waals surface area contributed by atoms with E-state index in [0.717, 1.165) is 24.2 Å². The van der Waals surface area contributed by atoms with E-state index in [1.54, 1.807) is 19.3 Å². The zero-order valence-corrected chi connectivity index (χ0v) is 8.53. The molecule has 1 saturated heterocycles. The van der Waals surface area contributed by atoms with Gasteiger partial charge >= 0.3 is 0 Å². The molecule has 0 amide bonds. The molecule has 0 spiro atoms. The average Bonchev–Trinajstić information content (AvgIpc) is 2.14. The Bertz CT molecular complexity index is 332. The summed E-state index contributed by atoms with van der Waals surface area (Å²) in [6.45, 7) is 4.60. The monoisotopic (exact) mass is 193 g/mol. The predicted molar refractivity (Wildman–Crippen MR) is 52.8 cm³/mol. The third kappa shape index (κ3) is 1.42. The molecule has 76 valence electrons. The quantitative estimate of drug-likeness (QED) is 0.778. The van der Waals surface area contributed by atoms with Gasteiger partial charge in [0.1, 0.15) is 0 Å². The van der Waals surface area contributed by atoms with Gasteiger partial charge in [0.2, 0.25) is 0 Å². The molecular weight excluding hydrogens is 178 g/mol. The molecule has 2 heterocycles. The number of rotatable bonds is 2. The number of ether oxygens (including phenoxy) is 1. The molecule has 0 aliphatic carbocycles. The summed E-state index contributed by atoms with van der Waals surface area (Å²) in [6.07, 6.45) is 4.03. The largest absolute Gasteiger partial charge is 0.389 e. The molecule has 1 fully saturated rings. The van der Waals surface area contributed by atoms with Crippen LogP contribution < -0.4 is 0 Å². The van der Waals surface area contributed by atoms with Crippen molar-refractivity contribution in [2.24, 2.45) is 0 Å². The molecule has 2 unspecified atom stereocenters. The highest BCUT2D eigenvalue weighted by Gasteiger charge is 2.37. The lowest BCUT2D eigenvalue weighted by Gasteiger charge is -2.40. The summed E-state index contributed by atoms with van der Waals surface area (Å²) < 4.78 is 5.54. The number of nitrogens with zero attached hydrogens (tertiary/aromatic N) is 1. The molecule has 1 aromatic heterocycles. The van der Waals surface area contributed by atoms with Crippen LogP contribution in [-0.2, 0) is 10.3 Å². The van der Waals surface area contributed by atoms with Crippen LogP contribution in [0.4, 0.5) is 0 Å². The Balaban J connectivity index is 2.41. The number of pyridine rings is 1. The second kappa shape index (κ2) is 3.33. The number of aliphatic hydroxyl groups excluding tert-OH is 1. The maximum absolute atomic E-state index is 9.60. The van der Waals surface area contributed by atoms with Crippen molar-refractivity contribution in [3.05, 3.63) is 29.6 Å². The van der Waals surface area contributed by atoms with Gasteiger partial charge in [0, 0.05) is 24.4 Å². The minimum absolute atomic E-state index is 0.236. The molecule has 3 heteroatoms. The Hall–Kier alpha value is -0.930. The SMILES string of the molecule is CC(O)c1ccncc1C1(C)CCO1. The molecule has 1 aliphatic heterocycles. The standard InChI is InChI=1S/C11H15NO2/c1-8(13)9-3-5-12-7-10(9)11(2)4-6-14-11/h3,5,7-8,13H,4,6H2,1-2H3. The number of hydrogen-bond acceptors (Lipinski definition) is 3. The Morgan fingerprint density at radius 3 is 2.86 bits per heavy atom. The van der Waals surface area contributed by atoms with Gasteiger partial charge < -0.3 is 9.84 Å². The van der Waals surface area contributed by atoms with Crippen molar-refractivity contribution in [2.45, 2.75) is 32.0 Å². The molecule has 1 aliphatic rings. The summed E-state index contributed by atoms with van der Waals surface area (Å²) in [5.74, 6) is 0. The lowest BCUT2D eigenvalue weighted by Crippen LogP contribution is -2.38. The van der Waals surface area contributed by atoms with Crippen LogP contribution in [-0.4, -0.2) is 16.7 Å². The molecule has 0 aromatic carbocycles. The van der Waals surface area contributed by atoms with E-state index in [4.69, 9.17) is 4.74 Å². The third-order valence-electron chi connectivity index (χ3n) is 2.87. The first kappa shape index (κ1) is 9.62. The fourth-order valence-electron chi connectivity index (χ4n) is 1.83. The molecule has 1 N–H and O–H groups in total. The summed E-state index contributed by atoms with van der Waals surface area (Å²) in [6, 6.07) is 1.85.